The lowest BCUT2D eigenvalue weighted by Gasteiger charge is -2.30. The normalized spacial score (nSPS) is 16.1. The molecule has 0 saturated carbocycles. The van der Waals surface area contributed by atoms with Crippen molar-refractivity contribution in [3.63, 3.8) is 0 Å². The summed E-state index contributed by atoms with van der Waals surface area (Å²) in [6.45, 7) is 10.4. The van der Waals surface area contributed by atoms with Crippen molar-refractivity contribution in [1.29, 1.82) is 0 Å². The molecule has 4 amide bonds. The Labute approximate surface area is 217 Å². The highest BCUT2D eigenvalue weighted by Gasteiger charge is 2.33. The Bertz CT molecular complexity index is 1110. The minimum absolute atomic E-state index is 0.0282. The highest BCUT2D eigenvalue weighted by Crippen LogP contribution is 2.31. The Morgan fingerprint density at radius 3 is 2.50 bits per heavy atom. The summed E-state index contributed by atoms with van der Waals surface area (Å²) in [6.07, 6.45) is 0.867. The molecule has 0 aromatic heterocycles. The number of fused-ring (bicyclic) bond motifs is 1. The third-order valence-electron chi connectivity index (χ3n) is 5.92. The molecule has 0 saturated heterocycles. The quantitative estimate of drug-likeness (QED) is 0.565. The third kappa shape index (κ3) is 6.49. The number of nitrogens with zero attached hydrogens (tertiary/aromatic N) is 2. The van der Waals surface area contributed by atoms with E-state index in [2.05, 4.69) is 10.6 Å². The lowest BCUT2D eigenvalue weighted by molar-refractivity contribution is -0.123. The first kappa shape index (κ1) is 27.3. The van der Waals surface area contributed by atoms with Gasteiger partial charge in [0, 0.05) is 30.9 Å². The Balaban J connectivity index is 1.84. The molecule has 1 aliphatic heterocycles. The lowest BCUT2D eigenvalue weighted by atomic mass is 10.1. The maximum atomic E-state index is 13.7. The van der Waals surface area contributed by atoms with Gasteiger partial charge in [0.25, 0.3) is 5.91 Å². The van der Waals surface area contributed by atoms with Gasteiger partial charge >= 0.3 is 6.03 Å². The molecule has 0 radical (unpaired) electrons. The number of carbonyl (C=O) groups excluding carboxylic acids is 3. The second-order valence-electron chi connectivity index (χ2n) is 9.35. The molecule has 0 fully saturated rings. The molecule has 194 valence electrons. The van der Waals surface area contributed by atoms with Gasteiger partial charge in [0.05, 0.1) is 17.2 Å². The number of hydrogen-bond acceptors (Lipinski definition) is 4. The molecule has 9 heteroatoms. The summed E-state index contributed by atoms with van der Waals surface area (Å²) in [5.41, 5.74) is 1.90. The second-order valence-corrected chi connectivity index (χ2v) is 9.75. The van der Waals surface area contributed by atoms with E-state index in [1.807, 2.05) is 52.0 Å². The molecule has 36 heavy (non-hydrogen) atoms. The second kappa shape index (κ2) is 12.1. The van der Waals surface area contributed by atoms with E-state index in [1.54, 1.807) is 34.9 Å². The third-order valence-corrected chi connectivity index (χ3v) is 6.23. The minimum Gasteiger partial charge on any atom is -0.494 e. The molecule has 0 bridgehead atoms. The van der Waals surface area contributed by atoms with Crippen LogP contribution in [0.15, 0.2) is 42.5 Å². The Morgan fingerprint density at radius 2 is 1.83 bits per heavy atom. The first-order valence-electron chi connectivity index (χ1n) is 12.3. The van der Waals surface area contributed by atoms with Gasteiger partial charge in [-0.05, 0) is 63.9 Å². The van der Waals surface area contributed by atoms with Crippen LogP contribution in [0.1, 0.15) is 57.0 Å². The predicted molar refractivity (Wildman–Crippen MR) is 142 cm³/mol. The fourth-order valence-electron chi connectivity index (χ4n) is 4.04. The molecule has 3 rings (SSSR count). The topological polar surface area (TPSA) is 91.0 Å². The average Bonchev–Trinajstić information content (AvgIpc) is 2.98. The number of nitrogens with one attached hydrogen (secondary N) is 2. The van der Waals surface area contributed by atoms with Crippen LogP contribution in [-0.2, 0) is 11.3 Å². The van der Waals surface area contributed by atoms with Crippen LogP contribution in [-0.4, -0.2) is 54.0 Å². The van der Waals surface area contributed by atoms with Gasteiger partial charge in [-0.15, -0.1) is 0 Å². The zero-order valence-corrected chi connectivity index (χ0v) is 22.3. The van der Waals surface area contributed by atoms with Crippen LogP contribution in [0.2, 0.25) is 5.02 Å². The van der Waals surface area contributed by atoms with Crippen LogP contribution in [0.3, 0.4) is 0 Å². The molecule has 0 aliphatic carbocycles. The van der Waals surface area contributed by atoms with E-state index in [-0.39, 0.29) is 36.5 Å². The Hall–Kier alpha value is -3.26. The number of para-hydroxylation sites is 1. The molecule has 1 aliphatic rings. The van der Waals surface area contributed by atoms with E-state index >= 15 is 0 Å². The number of carbonyl (C=O) groups is 3. The molecule has 2 atom stereocenters. The van der Waals surface area contributed by atoms with E-state index in [0.29, 0.717) is 29.5 Å². The Kier molecular flexibility index (Phi) is 9.20. The van der Waals surface area contributed by atoms with Crippen molar-refractivity contribution in [2.24, 2.45) is 0 Å². The first-order valence-corrected chi connectivity index (χ1v) is 12.7. The summed E-state index contributed by atoms with van der Waals surface area (Å²) in [5.74, 6) is 0.105. The van der Waals surface area contributed by atoms with Crippen LogP contribution in [0.25, 0.3) is 0 Å². The maximum absolute atomic E-state index is 13.7. The molecule has 1 heterocycles. The number of anilines is 1. The smallest absolute Gasteiger partial charge is 0.318 e. The summed E-state index contributed by atoms with van der Waals surface area (Å²) in [4.78, 5) is 42.5. The van der Waals surface area contributed by atoms with E-state index in [1.165, 1.54) is 0 Å². The number of halogens is 1. The van der Waals surface area contributed by atoms with Gasteiger partial charge < -0.3 is 25.2 Å². The average molecular weight is 515 g/mol. The molecular weight excluding hydrogens is 480 g/mol. The number of urea groups is 1. The van der Waals surface area contributed by atoms with E-state index in [9.17, 15) is 14.4 Å². The van der Waals surface area contributed by atoms with Crippen molar-refractivity contribution in [3.05, 3.63) is 58.6 Å². The van der Waals surface area contributed by atoms with Crippen molar-refractivity contribution in [3.8, 4) is 5.75 Å². The summed E-state index contributed by atoms with van der Waals surface area (Å²) < 4.78 is 5.63. The number of benzene rings is 2. The van der Waals surface area contributed by atoms with Crippen molar-refractivity contribution < 1.29 is 19.1 Å². The van der Waals surface area contributed by atoms with Crippen molar-refractivity contribution in [2.45, 2.75) is 65.7 Å². The highest BCUT2D eigenvalue weighted by atomic mass is 35.5. The largest absolute Gasteiger partial charge is 0.494 e. The van der Waals surface area contributed by atoms with Crippen LogP contribution in [0.4, 0.5) is 10.5 Å². The molecule has 0 spiro atoms. The predicted octanol–water partition coefficient (Wildman–Crippen LogP) is 4.60. The Morgan fingerprint density at radius 1 is 1.11 bits per heavy atom. The molecule has 2 aromatic rings. The van der Waals surface area contributed by atoms with Crippen molar-refractivity contribution in [1.82, 2.24) is 15.5 Å². The summed E-state index contributed by atoms with van der Waals surface area (Å²) >= 11 is 6.49. The molecular formula is C27H35ClN4O4. The maximum Gasteiger partial charge on any atom is 0.318 e. The number of amides is 4. The molecule has 2 aromatic carbocycles. The van der Waals surface area contributed by atoms with Gasteiger partial charge in [0.2, 0.25) is 5.91 Å². The zero-order chi connectivity index (χ0) is 26.4. The molecule has 0 unspecified atom stereocenters. The number of ether oxygens (including phenoxy) is 1. The van der Waals surface area contributed by atoms with Crippen LogP contribution < -0.4 is 20.3 Å². The molecule has 8 nitrogen and oxygen atoms in total. The van der Waals surface area contributed by atoms with Gasteiger partial charge in [-0.2, -0.15) is 0 Å². The van der Waals surface area contributed by atoms with E-state index in [0.717, 1.165) is 17.7 Å². The van der Waals surface area contributed by atoms with Gasteiger partial charge in [-0.25, -0.2) is 4.79 Å². The van der Waals surface area contributed by atoms with Crippen molar-refractivity contribution in [2.75, 3.05) is 18.1 Å². The first-order chi connectivity index (χ1) is 17.1. The zero-order valence-electron chi connectivity index (χ0n) is 21.5. The standard InChI is InChI=1S/C27H35ClN4O4/c1-6-13-36-21-11-12-22(23(28)14-21)26(34)32-15-18(4)31(16-20-9-7-8-10-24(20)32)27(35)30-19(5)25(33)29-17(2)3/h7-12,14,17-19H,6,13,15-16H2,1-5H3,(H,29,33)(H,30,35)/t18-,19+/m0/s1. The van der Waals surface area contributed by atoms with Gasteiger partial charge in [0.1, 0.15) is 11.8 Å². The summed E-state index contributed by atoms with van der Waals surface area (Å²) in [5, 5.41) is 5.90. The van der Waals surface area contributed by atoms with Crippen LogP contribution in [0, 0.1) is 0 Å². The number of hydrogen-bond donors (Lipinski definition) is 2. The lowest BCUT2D eigenvalue weighted by Crippen LogP contribution is -2.53. The fraction of sp³-hybridized carbons (Fsp3) is 0.444. The van der Waals surface area contributed by atoms with E-state index in [4.69, 9.17) is 16.3 Å². The SMILES string of the molecule is CCCOc1ccc(C(=O)N2C[C@H](C)N(C(=O)N[C@H](C)C(=O)NC(C)C)Cc3ccccc32)c(Cl)c1. The van der Waals surface area contributed by atoms with Gasteiger partial charge in [-0.3, -0.25) is 9.59 Å². The van der Waals surface area contributed by atoms with Crippen LogP contribution in [0.5, 0.6) is 5.75 Å². The summed E-state index contributed by atoms with van der Waals surface area (Å²) in [7, 11) is 0. The summed E-state index contributed by atoms with van der Waals surface area (Å²) in [6, 6.07) is 11.1. The monoisotopic (exact) mass is 514 g/mol. The molecule has 2 N–H and O–H groups in total. The van der Waals surface area contributed by atoms with E-state index < -0.39 is 6.04 Å². The fourth-order valence-corrected chi connectivity index (χ4v) is 4.29. The minimum atomic E-state index is -0.699. The van der Waals surface area contributed by atoms with Crippen molar-refractivity contribution >= 4 is 35.1 Å². The van der Waals surface area contributed by atoms with Gasteiger partial charge in [0.15, 0.2) is 0 Å². The van der Waals surface area contributed by atoms with Gasteiger partial charge in [-0.1, -0.05) is 36.7 Å². The highest BCUT2D eigenvalue weighted by molar-refractivity contribution is 6.34. The number of rotatable bonds is 7. The van der Waals surface area contributed by atoms with Crippen LogP contribution >= 0.6 is 11.6 Å².